The minimum atomic E-state index is -0.324. The zero-order valence-corrected chi connectivity index (χ0v) is 15.3. The number of carbonyl (C=O) groups is 2. The van der Waals surface area contributed by atoms with Gasteiger partial charge in [-0.2, -0.15) is 0 Å². The molecular formula is C18H27N3O4. The van der Waals surface area contributed by atoms with Gasteiger partial charge in [-0.1, -0.05) is 13.8 Å². The molecule has 3 amide bonds. The van der Waals surface area contributed by atoms with E-state index in [-0.39, 0.29) is 18.0 Å². The van der Waals surface area contributed by atoms with Gasteiger partial charge in [0.05, 0.1) is 26.0 Å². The molecule has 2 rings (SSSR count). The summed E-state index contributed by atoms with van der Waals surface area (Å²) in [6, 6.07) is 4.75. The number of morpholine rings is 1. The van der Waals surface area contributed by atoms with Gasteiger partial charge >= 0.3 is 6.03 Å². The van der Waals surface area contributed by atoms with Gasteiger partial charge in [-0.15, -0.1) is 0 Å². The fourth-order valence-corrected chi connectivity index (χ4v) is 2.42. The lowest BCUT2D eigenvalue weighted by atomic mass is 10.1. The Morgan fingerprint density at radius 2 is 1.88 bits per heavy atom. The first-order valence-electron chi connectivity index (χ1n) is 8.55. The zero-order chi connectivity index (χ0) is 18.4. The van der Waals surface area contributed by atoms with Crippen LogP contribution in [0.1, 0.15) is 31.1 Å². The number of amides is 3. The second kappa shape index (κ2) is 8.71. The summed E-state index contributed by atoms with van der Waals surface area (Å²) in [5, 5.41) is 5.65. The molecule has 1 aliphatic heterocycles. The molecule has 138 valence electrons. The van der Waals surface area contributed by atoms with Gasteiger partial charge in [0, 0.05) is 24.7 Å². The number of hydrogen-bond donors (Lipinski definition) is 2. The van der Waals surface area contributed by atoms with Gasteiger partial charge in [0.1, 0.15) is 5.75 Å². The van der Waals surface area contributed by atoms with E-state index in [9.17, 15) is 9.59 Å². The van der Waals surface area contributed by atoms with Crippen LogP contribution in [0.3, 0.4) is 0 Å². The van der Waals surface area contributed by atoms with E-state index in [1.807, 2.05) is 20.8 Å². The van der Waals surface area contributed by atoms with Crippen LogP contribution in [-0.2, 0) is 4.74 Å². The highest BCUT2D eigenvalue weighted by atomic mass is 16.5. The number of rotatable bonds is 5. The monoisotopic (exact) mass is 349 g/mol. The van der Waals surface area contributed by atoms with Crippen LogP contribution in [0.2, 0.25) is 0 Å². The number of methoxy groups -OCH3 is 1. The lowest BCUT2D eigenvalue weighted by Gasteiger charge is -2.27. The lowest BCUT2D eigenvalue weighted by Crippen LogP contribution is -2.41. The number of benzene rings is 1. The molecule has 25 heavy (non-hydrogen) atoms. The van der Waals surface area contributed by atoms with Crippen molar-refractivity contribution in [1.82, 2.24) is 10.2 Å². The standard InChI is InChI=1S/C18H27N3O4/c1-12(2)13(3)19-18(23)20-15-11-14(5-6-16(15)24-4)17(22)21-7-9-25-10-8-21/h5-6,11-13H,7-10H2,1-4H3,(H2,19,20,23)/t13-/m0/s1. The predicted molar refractivity (Wildman–Crippen MR) is 96.2 cm³/mol. The molecule has 7 heteroatoms. The Hall–Kier alpha value is -2.28. The van der Waals surface area contributed by atoms with E-state index in [4.69, 9.17) is 9.47 Å². The Bertz CT molecular complexity index is 612. The van der Waals surface area contributed by atoms with E-state index < -0.39 is 0 Å². The molecule has 0 saturated carbocycles. The molecule has 1 aliphatic rings. The number of ether oxygens (including phenoxy) is 2. The van der Waals surface area contributed by atoms with Crippen molar-refractivity contribution < 1.29 is 19.1 Å². The van der Waals surface area contributed by atoms with Crippen molar-refractivity contribution in [3.8, 4) is 5.75 Å². The maximum Gasteiger partial charge on any atom is 0.319 e. The van der Waals surface area contributed by atoms with Crippen LogP contribution in [0.25, 0.3) is 0 Å². The summed E-state index contributed by atoms with van der Waals surface area (Å²) < 4.78 is 10.6. The second-order valence-electron chi connectivity index (χ2n) is 6.45. The summed E-state index contributed by atoms with van der Waals surface area (Å²) in [5.74, 6) is 0.748. The molecule has 0 radical (unpaired) electrons. The predicted octanol–water partition coefficient (Wildman–Crippen LogP) is 2.33. The highest BCUT2D eigenvalue weighted by molar-refractivity contribution is 5.98. The normalized spacial score (nSPS) is 15.6. The van der Waals surface area contributed by atoms with E-state index in [2.05, 4.69) is 10.6 Å². The van der Waals surface area contributed by atoms with E-state index in [0.717, 1.165) is 0 Å². The Kier molecular flexibility index (Phi) is 6.64. The minimum absolute atomic E-state index is 0.0316. The van der Waals surface area contributed by atoms with Gasteiger partial charge in [-0.05, 0) is 31.0 Å². The first-order chi connectivity index (χ1) is 11.9. The van der Waals surface area contributed by atoms with Gasteiger partial charge in [0.15, 0.2) is 0 Å². The summed E-state index contributed by atoms with van der Waals surface area (Å²) in [5.41, 5.74) is 0.977. The molecule has 1 atom stereocenters. The molecule has 1 fully saturated rings. The van der Waals surface area contributed by atoms with E-state index >= 15 is 0 Å². The van der Waals surface area contributed by atoms with Gasteiger partial charge in [0.2, 0.25) is 0 Å². The van der Waals surface area contributed by atoms with Crippen LogP contribution in [-0.4, -0.2) is 56.3 Å². The second-order valence-corrected chi connectivity index (χ2v) is 6.45. The zero-order valence-electron chi connectivity index (χ0n) is 15.3. The van der Waals surface area contributed by atoms with E-state index in [1.54, 1.807) is 23.1 Å². The van der Waals surface area contributed by atoms with Gasteiger partial charge in [0.25, 0.3) is 5.91 Å². The Balaban J connectivity index is 2.13. The van der Waals surface area contributed by atoms with Crippen molar-refractivity contribution in [2.45, 2.75) is 26.8 Å². The number of urea groups is 1. The van der Waals surface area contributed by atoms with Crippen molar-refractivity contribution in [3.05, 3.63) is 23.8 Å². The molecule has 1 aromatic rings. The molecule has 1 saturated heterocycles. The number of anilines is 1. The molecular weight excluding hydrogens is 322 g/mol. The van der Waals surface area contributed by atoms with Crippen molar-refractivity contribution in [2.24, 2.45) is 5.92 Å². The Morgan fingerprint density at radius 1 is 1.20 bits per heavy atom. The van der Waals surface area contributed by atoms with E-state index in [1.165, 1.54) is 7.11 Å². The van der Waals surface area contributed by atoms with E-state index in [0.29, 0.717) is 49.2 Å². The summed E-state index contributed by atoms with van der Waals surface area (Å²) in [6.07, 6.45) is 0. The largest absolute Gasteiger partial charge is 0.495 e. The first kappa shape index (κ1) is 19.1. The summed E-state index contributed by atoms with van der Waals surface area (Å²) in [6.45, 7) is 8.24. The number of hydrogen-bond acceptors (Lipinski definition) is 4. The first-order valence-corrected chi connectivity index (χ1v) is 8.55. The smallest absolute Gasteiger partial charge is 0.319 e. The third-order valence-corrected chi connectivity index (χ3v) is 4.35. The Morgan fingerprint density at radius 3 is 2.48 bits per heavy atom. The minimum Gasteiger partial charge on any atom is -0.495 e. The average molecular weight is 349 g/mol. The van der Waals surface area contributed by atoms with Crippen LogP contribution < -0.4 is 15.4 Å². The SMILES string of the molecule is COc1ccc(C(=O)N2CCOCC2)cc1NC(=O)N[C@@H](C)C(C)C. The van der Waals surface area contributed by atoms with Gasteiger partial charge in [-0.25, -0.2) is 4.79 Å². The molecule has 7 nitrogen and oxygen atoms in total. The van der Waals surface area contributed by atoms with Gasteiger partial charge < -0.3 is 25.0 Å². The fraction of sp³-hybridized carbons (Fsp3) is 0.556. The van der Waals surface area contributed by atoms with Crippen molar-refractivity contribution >= 4 is 17.6 Å². The Labute approximate surface area is 148 Å². The summed E-state index contributed by atoms with van der Waals surface area (Å²) in [7, 11) is 1.53. The molecule has 1 heterocycles. The van der Waals surface area contributed by atoms with Crippen molar-refractivity contribution in [3.63, 3.8) is 0 Å². The molecule has 0 spiro atoms. The topological polar surface area (TPSA) is 79.9 Å². The molecule has 0 aromatic heterocycles. The average Bonchev–Trinajstić information content (AvgIpc) is 2.61. The van der Waals surface area contributed by atoms with Crippen LogP contribution in [0.15, 0.2) is 18.2 Å². The van der Waals surface area contributed by atoms with Crippen molar-refractivity contribution in [2.75, 3.05) is 38.7 Å². The molecule has 0 bridgehead atoms. The summed E-state index contributed by atoms with van der Waals surface area (Å²) >= 11 is 0. The maximum absolute atomic E-state index is 12.6. The maximum atomic E-state index is 12.6. The molecule has 0 unspecified atom stereocenters. The number of carbonyl (C=O) groups excluding carboxylic acids is 2. The lowest BCUT2D eigenvalue weighted by molar-refractivity contribution is 0.0303. The number of nitrogens with one attached hydrogen (secondary N) is 2. The highest BCUT2D eigenvalue weighted by Gasteiger charge is 2.20. The van der Waals surface area contributed by atoms with Crippen molar-refractivity contribution in [1.29, 1.82) is 0 Å². The molecule has 0 aliphatic carbocycles. The molecule has 2 N–H and O–H groups in total. The number of nitrogens with zero attached hydrogens (tertiary/aromatic N) is 1. The van der Waals surface area contributed by atoms with Crippen LogP contribution in [0.5, 0.6) is 5.75 Å². The van der Waals surface area contributed by atoms with Crippen LogP contribution >= 0.6 is 0 Å². The molecule has 1 aromatic carbocycles. The van der Waals surface area contributed by atoms with Crippen LogP contribution in [0, 0.1) is 5.92 Å². The van der Waals surface area contributed by atoms with Crippen LogP contribution in [0.4, 0.5) is 10.5 Å². The van der Waals surface area contributed by atoms with Gasteiger partial charge in [-0.3, -0.25) is 4.79 Å². The fourth-order valence-electron chi connectivity index (χ4n) is 2.42. The third-order valence-electron chi connectivity index (χ3n) is 4.35. The summed E-state index contributed by atoms with van der Waals surface area (Å²) in [4.78, 5) is 26.5. The quantitative estimate of drug-likeness (QED) is 0.855. The highest BCUT2D eigenvalue weighted by Crippen LogP contribution is 2.26. The third kappa shape index (κ3) is 5.09.